The highest BCUT2D eigenvalue weighted by Gasteiger charge is 2.41. The lowest BCUT2D eigenvalue weighted by atomic mass is 9.80. The first-order chi connectivity index (χ1) is 8.80. The van der Waals surface area contributed by atoms with Crippen LogP contribution in [0.4, 0.5) is 5.69 Å². The minimum absolute atomic E-state index is 0.160. The number of carbonyl (C=O) groups is 1. The van der Waals surface area contributed by atoms with Crippen molar-refractivity contribution in [1.82, 2.24) is 5.32 Å². The van der Waals surface area contributed by atoms with Gasteiger partial charge in [0, 0.05) is 25.2 Å². The van der Waals surface area contributed by atoms with Crippen LogP contribution in [0.2, 0.25) is 0 Å². The summed E-state index contributed by atoms with van der Waals surface area (Å²) in [7, 11) is 0. The minimum Gasteiger partial charge on any atom is -0.364 e. The Morgan fingerprint density at radius 3 is 2.67 bits per heavy atom. The van der Waals surface area contributed by atoms with Gasteiger partial charge >= 0.3 is 0 Å². The highest BCUT2D eigenvalue weighted by atomic mass is 16.1. The number of piperidine rings is 2. The van der Waals surface area contributed by atoms with Gasteiger partial charge in [-0.05, 0) is 37.8 Å². The molecular weight excluding hydrogens is 224 g/mol. The fourth-order valence-corrected chi connectivity index (χ4v) is 3.34. The minimum atomic E-state index is 0.160. The second-order valence-electron chi connectivity index (χ2n) is 5.45. The third-order valence-electron chi connectivity index (χ3n) is 4.35. The highest BCUT2D eigenvalue weighted by Crippen LogP contribution is 2.37. The van der Waals surface area contributed by atoms with Gasteiger partial charge in [0.1, 0.15) is 0 Å². The molecule has 96 valence electrons. The predicted molar refractivity (Wildman–Crippen MR) is 72.6 cm³/mol. The number of anilines is 1. The number of hydrogen-bond acceptors (Lipinski definition) is 2. The third kappa shape index (κ3) is 1.98. The zero-order valence-electron chi connectivity index (χ0n) is 10.7. The highest BCUT2D eigenvalue weighted by molar-refractivity contribution is 5.77. The summed E-state index contributed by atoms with van der Waals surface area (Å²) in [6.07, 6.45) is 5.39. The monoisotopic (exact) mass is 244 g/mol. The van der Waals surface area contributed by atoms with Crippen LogP contribution in [0.15, 0.2) is 30.3 Å². The van der Waals surface area contributed by atoms with E-state index in [4.69, 9.17) is 0 Å². The van der Waals surface area contributed by atoms with Crippen LogP contribution < -0.4 is 10.2 Å². The number of nitrogens with zero attached hydrogens (tertiary/aromatic N) is 1. The van der Waals surface area contributed by atoms with Crippen LogP contribution in [0.3, 0.4) is 0 Å². The van der Waals surface area contributed by atoms with E-state index in [-0.39, 0.29) is 11.4 Å². The molecule has 1 N–H and O–H groups in total. The van der Waals surface area contributed by atoms with Gasteiger partial charge in [-0.25, -0.2) is 0 Å². The molecule has 0 saturated carbocycles. The summed E-state index contributed by atoms with van der Waals surface area (Å²) in [5.41, 5.74) is 1.46. The summed E-state index contributed by atoms with van der Waals surface area (Å²) in [6.45, 7) is 1.92. The van der Waals surface area contributed by atoms with Gasteiger partial charge in [-0.3, -0.25) is 4.79 Å². The van der Waals surface area contributed by atoms with E-state index in [2.05, 4.69) is 40.5 Å². The van der Waals surface area contributed by atoms with Crippen molar-refractivity contribution in [3.63, 3.8) is 0 Å². The quantitative estimate of drug-likeness (QED) is 0.822. The van der Waals surface area contributed by atoms with Crippen molar-refractivity contribution in [2.45, 2.75) is 37.6 Å². The second-order valence-corrected chi connectivity index (χ2v) is 5.45. The number of amides is 1. The first-order valence-corrected chi connectivity index (χ1v) is 6.90. The molecule has 2 aliphatic rings. The lowest BCUT2D eigenvalue weighted by Crippen LogP contribution is -2.61. The third-order valence-corrected chi connectivity index (χ3v) is 4.35. The lowest BCUT2D eigenvalue weighted by molar-refractivity contribution is -0.123. The molecule has 2 aliphatic heterocycles. The summed E-state index contributed by atoms with van der Waals surface area (Å²) >= 11 is 0. The normalized spacial score (nSPS) is 28.2. The van der Waals surface area contributed by atoms with Gasteiger partial charge in [0.2, 0.25) is 5.91 Å². The van der Waals surface area contributed by atoms with Crippen LogP contribution in [0.1, 0.15) is 32.1 Å². The van der Waals surface area contributed by atoms with E-state index in [1.165, 1.54) is 24.9 Å². The molecule has 3 nitrogen and oxygen atoms in total. The fraction of sp³-hybridized carbons (Fsp3) is 0.533. The second kappa shape index (κ2) is 4.63. The van der Waals surface area contributed by atoms with Crippen molar-refractivity contribution in [3.8, 4) is 0 Å². The van der Waals surface area contributed by atoms with Crippen LogP contribution in [-0.4, -0.2) is 24.5 Å². The SMILES string of the molecule is O=C1CCC2(CCCCN2c2ccccc2)CN1. The molecule has 3 rings (SSSR count). The first kappa shape index (κ1) is 11.6. The van der Waals surface area contributed by atoms with Gasteiger partial charge in [0.15, 0.2) is 0 Å². The van der Waals surface area contributed by atoms with Crippen molar-refractivity contribution in [2.24, 2.45) is 0 Å². The Bertz CT molecular complexity index is 419. The van der Waals surface area contributed by atoms with Crippen molar-refractivity contribution < 1.29 is 4.79 Å². The predicted octanol–water partition coefficient (Wildman–Crippen LogP) is 2.33. The first-order valence-electron chi connectivity index (χ1n) is 6.90. The summed E-state index contributed by atoms with van der Waals surface area (Å²) in [4.78, 5) is 13.9. The van der Waals surface area contributed by atoms with Crippen molar-refractivity contribution in [3.05, 3.63) is 30.3 Å². The molecule has 0 radical (unpaired) electrons. The van der Waals surface area contributed by atoms with Gasteiger partial charge in [-0.2, -0.15) is 0 Å². The van der Waals surface area contributed by atoms with Crippen LogP contribution in [0, 0.1) is 0 Å². The van der Waals surface area contributed by atoms with E-state index in [9.17, 15) is 4.79 Å². The van der Waals surface area contributed by atoms with Crippen molar-refractivity contribution in [1.29, 1.82) is 0 Å². The van der Waals surface area contributed by atoms with Crippen LogP contribution in [0.5, 0.6) is 0 Å². The zero-order valence-corrected chi connectivity index (χ0v) is 10.7. The maximum absolute atomic E-state index is 11.4. The molecule has 1 aromatic carbocycles. The zero-order chi connectivity index (χ0) is 12.4. The average molecular weight is 244 g/mol. The van der Waals surface area contributed by atoms with Crippen molar-refractivity contribution in [2.75, 3.05) is 18.0 Å². The molecule has 2 heterocycles. The van der Waals surface area contributed by atoms with Crippen LogP contribution >= 0.6 is 0 Å². The smallest absolute Gasteiger partial charge is 0.220 e. The molecule has 2 fully saturated rings. The number of para-hydroxylation sites is 1. The van der Waals surface area contributed by atoms with E-state index < -0.39 is 0 Å². The molecule has 18 heavy (non-hydrogen) atoms. The Hall–Kier alpha value is -1.51. The van der Waals surface area contributed by atoms with Gasteiger partial charge < -0.3 is 10.2 Å². The van der Waals surface area contributed by atoms with E-state index in [0.717, 1.165) is 19.5 Å². The molecule has 0 bridgehead atoms. The number of hydrogen-bond donors (Lipinski definition) is 1. The van der Waals surface area contributed by atoms with Crippen LogP contribution in [0.25, 0.3) is 0 Å². The number of nitrogens with one attached hydrogen (secondary N) is 1. The number of benzene rings is 1. The molecule has 0 aliphatic carbocycles. The van der Waals surface area contributed by atoms with E-state index in [0.29, 0.717) is 6.42 Å². The van der Waals surface area contributed by atoms with Crippen molar-refractivity contribution >= 4 is 11.6 Å². The Morgan fingerprint density at radius 2 is 1.94 bits per heavy atom. The molecule has 3 heteroatoms. The largest absolute Gasteiger partial charge is 0.364 e. The lowest BCUT2D eigenvalue weighted by Gasteiger charge is -2.50. The number of rotatable bonds is 1. The van der Waals surface area contributed by atoms with E-state index in [1.54, 1.807) is 0 Å². The van der Waals surface area contributed by atoms with E-state index in [1.807, 2.05) is 0 Å². The van der Waals surface area contributed by atoms with Gasteiger partial charge in [-0.1, -0.05) is 18.2 Å². The Morgan fingerprint density at radius 1 is 1.11 bits per heavy atom. The summed E-state index contributed by atoms with van der Waals surface area (Å²) < 4.78 is 0. The Labute approximate surface area is 108 Å². The molecule has 1 amide bonds. The maximum atomic E-state index is 11.4. The van der Waals surface area contributed by atoms with Crippen LogP contribution in [-0.2, 0) is 4.79 Å². The Balaban J connectivity index is 1.88. The average Bonchev–Trinajstić information content (AvgIpc) is 2.44. The molecule has 2 saturated heterocycles. The molecule has 0 aromatic heterocycles. The standard InChI is InChI=1S/C15H20N2O/c18-14-8-10-15(12-16-14)9-4-5-11-17(15)13-6-2-1-3-7-13/h1-3,6-7H,4-5,8-12H2,(H,16,18). The summed E-state index contributed by atoms with van der Waals surface area (Å²) in [6, 6.07) is 10.6. The Kier molecular flexibility index (Phi) is 2.98. The van der Waals surface area contributed by atoms with Gasteiger partial charge in [-0.15, -0.1) is 0 Å². The number of carbonyl (C=O) groups excluding carboxylic acids is 1. The summed E-state index contributed by atoms with van der Waals surface area (Å²) in [5, 5.41) is 3.06. The summed E-state index contributed by atoms with van der Waals surface area (Å²) in [5.74, 6) is 0.208. The maximum Gasteiger partial charge on any atom is 0.220 e. The molecule has 1 spiro atoms. The molecule has 1 unspecified atom stereocenters. The van der Waals surface area contributed by atoms with Gasteiger partial charge in [0.25, 0.3) is 0 Å². The topological polar surface area (TPSA) is 32.3 Å². The molecular formula is C15H20N2O. The molecule has 1 atom stereocenters. The fourth-order valence-electron chi connectivity index (χ4n) is 3.34. The van der Waals surface area contributed by atoms with E-state index >= 15 is 0 Å². The molecule has 1 aromatic rings. The van der Waals surface area contributed by atoms with Gasteiger partial charge in [0.05, 0.1) is 5.54 Å².